The molecule has 0 saturated carbocycles. The molecule has 18 heavy (non-hydrogen) atoms. The number of benzene rings is 1. The van der Waals surface area contributed by atoms with E-state index in [9.17, 15) is 0 Å². The summed E-state index contributed by atoms with van der Waals surface area (Å²) in [5, 5.41) is 3.51. The fraction of sp³-hybridized carbons (Fsp3) is 0.231. The molecule has 1 aromatic heterocycles. The molecular weight excluding hydrogens is 314 g/mol. The molecule has 0 aliphatic heterocycles. The first-order valence-corrected chi connectivity index (χ1v) is 6.90. The van der Waals surface area contributed by atoms with Gasteiger partial charge in [0.15, 0.2) is 0 Å². The summed E-state index contributed by atoms with van der Waals surface area (Å²) >= 11 is 9.21. The highest BCUT2D eigenvalue weighted by Gasteiger charge is 2.06. The molecule has 2 aromatic rings. The molecule has 0 spiro atoms. The number of nitrogens with zero attached hydrogens (tertiary/aromatic N) is 2. The van der Waals surface area contributed by atoms with Crippen molar-refractivity contribution in [2.45, 2.75) is 19.8 Å². The minimum Gasteiger partial charge on any atom is -0.339 e. The van der Waals surface area contributed by atoms with E-state index in [1.54, 1.807) is 6.20 Å². The van der Waals surface area contributed by atoms with Crippen molar-refractivity contribution in [2.75, 3.05) is 5.32 Å². The van der Waals surface area contributed by atoms with Gasteiger partial charge in [-0.1, -0.05) is 31.5 Å². The average Bonchev–Trinajstić information content (AvgIpc) is 2.36. The molecule has 0 amide bonds. The van der Waals surface area contributed by atoms with Crippen LogP contribution in [0.3, 0.4) is 0 Å². The third kappa shape index (κ3) is 3.21. The lowest BCUT2D eigenvalue weighted by atomic mass is 10.1. The van der Waals surface area contributed by atoms with Crippen molar-refractivity contribution in [1.82, 2.24) is 9.97 Å². The van der Waals surface area contributed by atoms with Crippen LogP contribution >= 0.6 is 27.5 Å². The highest BCUT2D eigenvalue weighted by molar-refractivity contribution is 9.10. The van der Waals surface area contributed by atoms with Crippen LogP contribution < -0.4 is 5.32 Å². The van der Waals surface area contributed by atoms with Gasteiger partial charge < -0.3 is 5.32 Å². The van der Waals surface area contributed by atoms with E-state index in [2.05, 4.69) is 44.2 Å². The molecule has 1 N–H and O–H groups in total. The molecule has 0 radical (unpaired) electrons. The van der Waals surface area contributed by atoms with Crippen LogP contribution in [0, 0.1) is 0 Å². The first-order valence-electron chi connectivity index (χ1n) is 5.73. The Labute approximate surface area is 120 Å². The monoisotopic (exact) mass is 325 g/mol. The van der Waals surface area contributed by atoms with Gasteiger partial charge in [-0.2, -0.15) is 4.98 Å². The van der Waals surface area contributed by atoms with Crippen LogP contribution in [0.25, 0.3) is 0 Å². The van der Waals surface area contributed by atoms with E-state index in [-0.39, 0.29) is 5.28 Å². The normalized spacial score (nSPS) is 10.4. The van der Waals surface area contributed by atoms with Crippen LogP contribution in [0.4, 0.5) is 11.5 Å². The Kier molecular flexibility index (Phi) is 4.55. The van der Waals surface area contributed by atoms with Crippen molar-refractivity contribution in [3.63, 3.8) is 0 Å². The predicted molar refractivity (Wildman–Crippen MR) is 78.5 cm³/mol. The van der Waals surface area contributed by atoms with Gasteiger partial charge in [0.1, 0.15) is 5.82 Å². The largest absolute Gasteiger partial charge is 0.339 e. The maximum absolute atomic E-state index is 5.80. The van der Waals surface area contributed by atoms with E-state index < -0.39 is 0 Å². The fourth-order valence-corrected chi connectivity index (χ4v) is 2.11. The first kappa shape index (κ1) is 13.3. The molecule has 0 saturated heterocycles. The molecular formula is C13H13BrClN3. The topological polar surface area (TPSA) is 37.8 Å². The SMILES string of the molecule is CCCc1ccccc1Nc1nc(Cl)ncc1Br. The van der Waals surface area contributed by atoms with Gasteiger partial charge in [0.05, 0.1) is 4.47 Å². The summed E-state index contributed by atoms with van der Waals surface area (Å²) < 4.78 is 0.790. The zero-order valence-corrected chi connectivity index (χ0v) is 12.3. The van der Waals surface area contributed by atoms with E-state index in [0.717, 1.165) is 23.0 Å². The smallest absolute Gasteiger partial charge is 0.224 e. The van der Waals surface area contributed by atoms with Gasteiger partial charge in [-0.3, -0.25) is 0 Å². The Morgan fingerprint density at radius 1 is 1.33 bits per heavy atom. The second-order valence-corrected chi connectivity index (χ2v) is 5.06. The number of nitrogens with one attached hydrogen (secondary N) is 1. The van der Waals surface area contributed by atoms with Gasteiger partial charge in [-0.05, 0) is 45.6 Å². The Morgan fingerprint density at radius 2 is 2.11 bits per heavy atom. The number of aromatic nitrogens is 2. The van der Waals surface area contributed by atoms with Crippen molar-refractivity contribution in [3.05, 3.63) is 45.8 Å². The average molecular weight is 327 g/mol. The van der Waals surface area contributed by atoms with E-state index >= 15 is 0 Å². The molecule has 0 bridgehead atoms. The summed E-state index contributed by atoms with van der Waals surface area (Å²) in [4.78, 5) is 8.07. The summed E-state index contributed by atoms with van der Waals surface area (Å²) in [6.07, 6.45) is 3.77. The number of rotatable bonds is 4. The first-order chi connectivity index (χ1) is 8.70. The quantitative estimate of drug-likeness (QED) is 0.835. The van der Waals surface area contributed by atoms with Crippen LogP contribution in [0.2, 0.25) is 5.28 Å². The third-order valence-electron chi connectivity index (χ3n) is 2.50. The Bertz CT molecular complexity index is 546. The molecule has 1 heterocycles. The van der Waals surface area contributed by atoms with Gasteiger partial charge >= 0.3 is 0 Å². The van der Waals surface area contributed by atoms with Gasteiger partial charge in [-0.15, -0.1) is 0 Å². The number of para-hydroxylation sites is 1. The van der Waals surface area contributed by atoms with Crippen molar-refractivity contribution in [1.29, 1.82) is 0 Å². The summed E-state index contributed by atoms with van der Waals surface area (Å²) in [7, 11) is 0. The van der Waals surface area contributed by atoms with Crippen molar-refractivity contribution < 1.29 is 0 Å². The van der Waals surface area contributed by atoms with E-state index in [1.165, 1.54) is 5.56 Å². The standard InChI is InChI=1S/C13H13BrClN3/c1-2-5-9-6-3-4-7-11(9)17-12-10(14)8-16-13(15)18-12/h3-4,6-8H,2,5H2,1H3,(H,16,17,18). The lowest BCUT2D eigenvalue weighted by molar-refractivity contribution is 0.923. The fourth-order valence-electron chi connectivity index (χ4n) is 1.69. The lowest BCUT2D eigenvalue weighted by Gasteiger charge is -2.11. The van der Waals surface area contributed by atoms with Gasteiger partial charge in [0, 0.05) is 11.9 Å². The van der Waals surface area contributed by atoms with Crippen LogP contribution in [-0.4, -0.2) is 9.97 Å². The lowest BCUT2D eigenvalue weighted by Crippen LogP contribution is -1.99. The molecule has 2 rings (SSSR count). The highest BCUT2D eigenvalue weighted by atomic mass is 79.9. The zero-order valence-electron chi connectivity index (χ0n) is 9.95. The summed E-state index contributed by atoms with van der Waals surface area (Å²) in [5.41, 5.74) is 2.32. The summed E-state index contributed by atoms with van der Waals surface area (Å²) in [6, 6.07) is 8.19. The molecule has 0 aliphatic rings. The second-order valence-electron chi connectivity index (χ2n) is 3.87. The van der Waals surface area contributed by atoms with Gasteiger partial charge in [0.25, 0.3) is 0 Å². The molecule has 0 fully saturated rings. The number of anilines is 2. The van der Waals surface area contributed by atoms with E-state index in [4.69, 9.17) is 11.6 Å². The Morgan fingerprint density at radius 3 is 2.89 bits per heavy atom. The van der Waals surface area contributed by atoms with Crippen molar-refractivity contribution in [2.24, 2.45) is 0 Å². The minimum atomic E-state index is 0.230. The molecule has 94 valence electrons. The second kappa shape index (κ2) is 6.16. The molecule has 5 heteroatoms. The summed E-state index contributed by atoms with van der Waals surface area (Å²) in [6.45, 7) is 2.16. The maximum atomic E-state index is 5.80. The molecule has 0 unspecified atom stereocenters. The van der Waals surface area contributed by atoms with Crippen molar-refractivity contribution >= 4 is 39.0 Å². The number of aryl methyl sites for hydroxylation is 1. The van der Waals surface area contributed by atoms with E-state index in [0.29, 0.717) is 5.82 Å². The third-order valence-corrected chi connectivity index (χ3v) is 3.27. The Hall–Kier alpha value is -1.13. The van der Waals surface area contributed by atoms with Crippen LogP contribution in [0.15, 0.2) is 34.9 Å². The number of hydrogen-bond acceptors (Lipinski definition) is 3. The molecule has 1 aromatic carbocycles. The van der Waals surface area contributed by atoms with Crippen LogP contribution in [0.1, 0.15) is 18.9 Å². The minimum absolute atomic E-state index is 0.230. The maximum Gasteiger partial charge on any atom is 0.224 e. The van der Waals surface area contributed by atoms with Gasteiger partial charge in [0.2, 0.25) is 5.28 Å². The van der Waals surface area contributed by atoms with Crippen molar-refractivity contribution in [3.8, 4) is 0 Å². The number of halogens is 2. The number of hydrogen-bond donors (Lipinski definition) is 1. The Balaban J connectivity index is 2.30. The molecule has 0 atom stereocenters. The predicted octanol–water partition coefficient (Wildman–Crippen LogP) is 4.59. The van der Waals surface area contributed by atoms with Crippen LogP contribution in [-0.2, 0) is 6.42 Å². The van der Waals surface area contributed by atoms with Crippen LogP contribution in [0.5, 0.6) is 0 Å². The molecule has 0 aliphatic carbocycles. The highest BCUT2D eigenvalue weighted by Crippen LogP contribution is 2.26. The zero-order chi connectivity index (χ0) is 13.0. The summed E-state index contributed by atoms with van der Waals surface area (Å²) in [5.74, 6) is 0.679. The van der Waals surface area contributed by atoms with Gasteiger partial charge in [-0.25, -0.2) is 4.98 Å². The van der Waals surface area contributed by atoms with E-state index in [1.807, 2.05) is 18.2 Å². The molecule has 3 nitrogen and oxygen atoms in total.